The average Bonchev–Trinajstić information content (AvgIpc) is 3.24. The summed E-state index contributed by atoms with van der Waals surface area (Å²) in [5, 5.41) is 2.54. The summed E-state index contributed by atoms with van der Waals surface area (Å²) in [5.74, 6) is -0.493. The van der Waals surface area contributed by atoms with E-state index in [1.807, 2.05) is 0 Å². The number of nitrogens with one attached hydrogen (secondary N) is 1. The molecule has 0 radical (unpaired) electrons. The van der Waals surface area contributed by atoms with Gasteiger partial charge in [-0.1, -0.05) is 0 Å². The Hall–Kier alpha value is -2.22. The van der Waals surface area contributed by atoms with Crippen LogP contribution in [-0.4, -0.2) is 74.1 Å². The fourth-order valence-electron chi connectivity index (χ4n) is 3.83. The van der Waals surface area contributed by atoms with Crippen molar-refractivity contribution in [3.63, 3.8) is 0 Å². The first-order valence-electron chi connectivity index (χ1n) is 10.5. The van der Waals surface area contributed by atoms with E-state index in [0.717, 1.165) is 0 Å². The molecule has 2 aromatic heterocycles. The Morgan fingerprint density at radius 3 is 2.97 bits per heavy atom. The van der Waals surface area contributed by atoms with Crippen LogP contribution in [-0.2, 0) is 23.3 Å². The Labute approximate surface area is 189 Å². The number of hydrogen-bond donors (Lipinski definition) is 3. The molecule has 4 atom stereocenters. The summed E-state index contributed by atoms with van der Waals surface area (Å²) in [6.45, 7) is 6.29. The molecule has 2 saturated heterocycles. The number of esters is 1. The van der Waals surface area contributed by atoms with Crippen LogP contribution in [0.5, 0.6) is 5.88 Å². The number of nitrogen functional groups attached to an aromatic ring is 1. The van der Waals surface area contributed by atoms with Crippen molar-refractivity contribution in [2.45, 2.75) is 57.9 Å². The van der Waals surface area contributed by atoms with Crippen molar-refractivity contribution in [2.24, 2.45) is 0 Å². The fourth-order valence-corrected chi connectivity index (χ4v) is 5.57. The average molecular weight is 490 g/mol. The van der Waals surface area contributed by atoms with Crippen LogP contribution in [0.4, 0.5) is 10.3 Å². The summed E-state index contributed by atoms with van der Waals surface area (Å²) in [6.07, 6.45) is -2.20. The molecule has 0 saturated carbocycles. The Bertz CT molecular complexity index is 1040. The molecule has 0 unspecified atom stereocenters. The van der Waals surface area contributed by atoms with Gasteiger partial charge < -0.3 is 0 Å². The second-order valence-corrected chi connectivity index (χ2v) is 10.2. The van der Waals surface area contributed by atoms with Crippen LogP contribution >= 0.6 is 8.09 Å². The number of halogens is 1. The number of carbonyl (C=O) groups is 1. The van der Waals surface area contributed by atoms with Gasteiger partial charge in [0.25, 0.3) is 0 Å². The van der Waals surface area contributed by atoms with E-state index in [0.29, 0.717) is 12.1 Å². The van der Waals surface area contributed by atoms with Gasteiger partial charge in [-0.25, -0.2) is 0 Å². The summed E-state index contributed by atoms with van der Waals surface area (Å²) in [5.41, 5.74) is 4.19. The number of aromatic nitrogens is 4. The molecule has 2 aromatic rings. The molecule has 184 valence electrons. The van der Waals surface area contributed by atoms with Gasteiger partial charge in [0.2, 0.25) is 0 Å². The normalized spacial score (nSPS) is 29.7. The SMILES string of the molecule is CCOc1nc(N)nc2c1ncn2[C@@H]1O[C@@H]2CO[PH](O)(NCC(=O)OC(C)C)O[C@H]2[C@@]1(C)F. The summed E-state index contributed by atoms with van der Waals surface area (Å²) < 4.78 is 44.9. The van der Waals surface area contributed by atoms with Gasteiger partial charge in [-0.05, 0) is 0 Å². The molecule has 0 amide bonds. The van der Waals surface area contributed by atoms with Gasteiger partial charge in [-0.15, -0.1) is 0 Å². The molecular weight excluding hydrogens is 462 g/mol. The molecule has 4 heterocycles. The summed E-state index contributed by atoms with van der Waals surface area (Å²) >= 11 is 0. The number of alkyl halides is 1. The van der Waals surface area contributed by atoms with Crippen molar-refractivity contribution >= 4 is 31.2 Å². The van der Waals surface area contributed by atoms with E-state index < -0.39 is 38.2 Å². The minimum atomic E-state index is -4.08. The van der Waals surface area contributed by atoms with Crippen molar-refractivity contribution in [3.05, 3.63) is 6.33 Å². The second kappa shape index (κ2) is 8.85. The molecular formula is C18H28FN6O7P. The standard InChI is InChI=1S/C18H28FN6O7P/c1-5-28-15-12-14(23-17(20)24-15)25(8-21-12)16-18(4,19)13-10(31-16)7-29-33(27,32-13)22-6-11(26)30-9(2)3/h8-10,13,16,22,27,33H,5-7H2,1-4H3,(H2,20,23,24)/t10-,13-,16-,18-/m1/s1. The number of nitrogens with two attached hydrogens (primary N) is 1. The van der Waals surface area contributed by atoms with Crippen molar-refractivity contribution in [1.82, 2.24) is 24.6 Å². The van der Waals surface area contributed by atoms with Gasteiger partial charge in [0.05, 0.1) is 0 Å². The van der Waals surface area contributed by atoms with Gasteiger partial charge in [0.15, 0.2) is 0 Å². The number of ether oxygens (including phenoxy) is 3. The molecule has 0 bridgehead atoms. The predicted octanol–water partition coefficient (Wildman–Crippen LogP) is 0.792. The van der Waals surface area contributed by atoms with E-state index in [1.165, 1.54) is 17.8 Å². The van der Waals surface area contributed by atoms with Gasteiger partial charge in [0.1, 0.15) is 0 Å². The molecule has 33 heavy (non-hydrogen) atoms. The van der Waals surface area contributed by atoms with Crippen LogP contribution in [0.3, 0.4) is 0 Å². The van der Waals surface area contributed by atoms with E-state index in [-0.39, 0.29) is 36.7 Å². The van der Waals surface area contributed by atoms with Gasteiger partial charge >= 0.3 is 189 Å². The van der Waals surface area contributed by atoms with Crippen LogP contribution < -0.4 is 15.6 Å². The topological polar surface area (TPSA) is 165 Å². The molecule has 0 aromatic carbocycles. The van der Waals surface area contributed by atoms with Crippen LogP contribution in [0, 0.1) is 0 Å². The maximum atomic E-state index is 16.1. The molecule has 2 fully saturated rings. The van der Waals surface area contributed by atoms with E-state index >= 15 is 4.39 Å². The molecule has 4 rings (SSSR count). The summed E-state index contributed by atoms with van der Waals surface area (Å²) in [6, 6.07) is 0. The molecule has 15 heteroatoms. The zero-order valence-electron chi connectivity index (χ0n) is 18.6. The number of anilines is 1. The van der Waals surface area contributed by atoms with Gasteiger partial charge in [0, 0.05) is 0 Å². The molecule has 4 N–H and O–H groups in total. The number of imidazole rings is 1. The third kappa shape index (κ3) is 4.59. The molecule has 0 spiro atoms. The maximum absolute atomic E-state index is 16.1. The van der Waals surface area contributed by atoms with E-state index in [9.17, 15) is 9.69 Å². The first kappa shape index (κ1) is 23.9. The van der Waals surface area contributed by atoms with Crippen LogP contribution in [0.1, 0.15) is 33.9 Å². The van der Waals surface area contributed by atoms with Crippen LogP contribution in [0.15, 0.2) is 6.33 Å². The zero-order chi connectivity index (χ0) is 24.0. The number of carbonyl (C=O) groups excluding carboxylic acids is 1. The van der Waals surface area contributed by atoms with Gasteiger partial charge in [-0.2, -0.15) is 0 Å². The predicted molar refractivity (Wildman–Crippen MR) is 115 cm³/mol. The van der Waals surface area contributed by atoms with Crippen LogP contribution in [0.25, 0.3) is 11.2 Å². The quantitative estimate of drug-likeness (QED) is 0.370. The monoisotopic (exact) mass is 490 g/mol. The van der Waals surface area contributed by atoms with Crippen molar-refractivity contribution < 1.29 is 37.3 Å². The summed E-state index contributed by atoms with van der Waals surface area (Å²) in [4.78, 5) is 35.0. The molecule has 2 aliphatic rings. The first-order chi connectivity index (χ1) is 15.5. The Morgan fingerprint density at radius 1 is 1.52 bits per heavy atom. The number of rotatable bonds is 7. The third-order valence-corrected chi connectivity index (χ3v) is 6.93. The van der Waals surface area contributed by atoms with Crippen LogP contribution in [0.2, 0.25) is 0 Å². The third-order valence-electron chi connectivity index (χ3n) is 5.17. The zero-order valence-corrected chi connectivity index (χ0v) is 19.6. The molecule has 0 aliphatic carbocycles. The van der Waals surface area contributed by atoms with E-state index in [1.54, 1.807) is 20.8 Å². The number of hydrogen-bond acceptors (Lipinski definition) is 12. The number of nitrogens with zero attached hydrogens (tertiary/aromatic N) is 4. The Morgan fingerprint density at radius 2 is 2.27 bits per heavy atom. The second-order valence-electron chi connectivity index (χ2n) is 8.15. The first-order valence-corrected chi connectivity index (χ1v) is 12.3. The Kier molecular flexibility index (Phi) is 6.42. The van der Waals surface area contributed by atoms with Gasteiger partial charge in [-0.3, -0.25) is 0 Å². The molecule has 13 nitrogen and oxygen atoms in total. The van der Waals surface area contributed by atoms with E-state index in [2.05, 4.69) is 20.0 Å². The Balaban J connectivity index is 1.56. The van der Waals surface area contributed by atoms with E-state index in [4.69, 9.17) is 29.0 Å². The summed E-state index contributed by atoms with van der Waals surface area (Å²) in [7, 11) is -4.08. The molecule has 2 aliphatic heterocycles. The van der Waals surface area contributed by atoms with Crippen molar-refractivity contribution in [1.29, 1.82) is 0 Å². The van der Waals surface area contributed by atoms with Crippen molar-refractivity contribution in [3.8, 4) is 5.88 Å². The van der Waals surface area contributed by atoms with Crippen molar-refractivity contribution in [2.75, 3.05) is 25.5 Å². The number of fused-ring (bicyclic) bond motifs is 2. The minimum absolute atomic E-state index is 0.0671. The fraction of sp³-hybridized carbons (Fsp3) is 0.667.